The van der Waals surface area contributed by atoms with Crippen molar-refractivity contribution in [1.29, 1.82) is 0 Å². The average molecular weight is 396 g/mol. The van der Waals surface area contributed by atoms with E-state index < -0.39 is 12.3 Å². The molecule has 1 aliphatic heterocycles. The minimum Gasteiger partial charge on any atom is -0.490 e. The van der Waals surface area contributed by atoms with E-state index in [0.717, 1.165) is 21.9 Å². The average Bonchev–Trinajstić information content (AvgIpc) is 2.74. The highest BCUT2D eigenvalue weighted by molar-refractivity contribution is 5.99. The minimum atomic E-state index is -0.720. The Kier molecular flexibility index (Phi) is 5.87. The molecule has 1 aromatic heterocycles. The van der Waals surface area contributed by atoms with Crippen LogP contribution in [0, 0.1) is 0 Å². The lowest BCUT2D eigenvalue weighted by molar-refractivity contribution is 0.0509. The van der Waals surface area contributed by atoms with Crippen LogP contribution in [0.15, 0.2) is 48.8 Å². The third-order valence-corrected chi connectivity index (χ3v) is 5.27. The van der Waals surface area contributed by atoms with Crippen LogP contribution in [0.3, 0.4) is 0 Å². The molecule has 2 heterocycles. The van der Waals surface area contributed by atoms with Gasteiger partial charge in [0.15, 0.2) is 0 Å². The number of aromatic nitrogens is 2. The van der Waals surface area contributed by atoms with Gasteiger partial charge in [0, 0.05) is 43.2 Å². The van der Waals surface area contributed by atoms with Crippen LogP contribution in [-0.2, 0) is 0 Å². The maximum Gasteiger partial charge on any atom is 0.219 e. The van der Waals surface area contributed by atoms with Crippen LogP contribution in [0.5, 0.6) is 5.75 Å². The second-order valence-corrected chi connectivity index (χ2v) is 7.43. The third-order valence-electron chi connectivity index (χ3n) is 5.27. The van der Waals surface area contributed by atoms with Gasteiger partial charge in [-0.25, -0.2) is 14.4 Å². The Morgan fingerprint density at radius 1 is 1.14 bits per heavy atom. The van der Waals surface area contributed by atoms with E-state index in [1.807, 2.05) is 36.4 Å². The molecule has 29 heavy (non-hydrogen) atoms. The van der Waals surface area contributed by atoms with Crippen LogP contribution in [0.4, 0.5) is 10.3 Å². The van der Waals surface area contributed by atoms with E-state index in [1.165, 1.54) is 0 Å². The molecule has 0 radical (unpaired) electrons. The Bertz CT molecular complexity index is 959. The molecule has 1 aliphatic rings. The van der Waals surface area contributed by atoms with Crippen LogP contribution in [-0.4, -0.2) is 58.5 Å². The maximum absolute atomic E-state index is 13.3. The van der Waals surface area contributed by atoms with Crippen LogP contribution >= 0.6 is 0 Å². The largest absolute Gasteiger partial charge is 0.490 e. The van der Waals surface area contributed by atoms with Crippen molar-refractivity contribution < 1.29 is 14.2 Å². The number of halogens is 1. The van der Waals surface area contributed by atoms with Crippen molar-refractivity contribution in [2.75, 3.05) is 32.0 Å². The summed E-state index contributed by atoms with van der Waals surface area (Å²) < 4.78 is 19.3. The Hall–Kier alpha value is -2.77. The topological polar surface area (TPSA) is 84.5 Å². The number of benzene rings is 2. The number of piperidine rings is 1. The molecule has 0 amide bonds. The van der Waals surface area contributed by atoms with Crippen LogP contribution in [0.25, 0.3) is 21.9 Å². The highest BCUT2D eigenvalue weighted by Gasteiger charge is 2.21. The Labute approximate surface area is 169 Å². The third kappa shape index (κ3) is 4.63. The van der Waals surface area contributed by atoms with Gasteiger partial charge in [0.2, 0.25) is 5.95 Å². The fourth-order valence-corrected chi connectivity index (χ4v) is 3.76. The van der Waals surface area contributed by atoms with Gasteiger partial charge in [-0.3, -0.25) is 0 Å². The Morgan fingerprint density at radius 3 is 2.62 bits per heavy atom. The summed E-state index contributed by atoms with van der Waals surface area (Å²) in [6.45, 7) is 1.96. The molecule has 7 heteroatoms. The van der Waals surface area contributed by atoms with E-state index in [-0.39, 0.29) is 12.6 Å². The first kappa shape index (κ1) is 19.5. The number of ether oxygens (including phenoxy) is 1. The summed E-state index contributed by atoms with van der Waals surface area (Å²) in [7, 11) is 0. The smallest absolute Gasteiger partial charge is 0.219 e. The van der Waals surface area contributed by atoms with Crippen molar-refractivity contribution in [2.45, 2.75) is 25.1 Å². The van der Waals surface area contributed by atoms with Crippen molar-refractivity contribution in [1.82, 2.24) is 14.9 Å². The summed E-state index contributed by atoms with van der Waals surface area (Å²) in [6, 6.07) is 11.9. The Morgan fingerprint density at radius 2 is 1.86 bits per heavy atom. The van der Waals surface area contributed by atoms with Crippen LogP contribution < -0.4 is 10.5 Å². The molecule has 3 aromatic rings. The maximum atomic E-state index is 13.3. The zero-order valence-corrected chi connectivity index (χ0v) is 16.2. The molecule has 4 rings (SSSR count). The summed E-state index contributed by atoms with van der Waals surface area (Å²) in [4.78, 5) is 10.3. The van der Waals surface area contributed by atoms with Gasteiger partial charge < -0.3 is 20.5 Å². The first-order chi connectivity index (χ1) is 14.1. The summed E-state index contributed by atoms with van der Waals surface area (Å²) in [6.07, 6.45) is 3.03. The number of likely N-dealkylation sites (tertiary alicyclic amines) is 1. The van der Waals surface area contributed by atoms with Crippen molar-refractivity contribution in [3.63, 3.8) is 0 Å². The second-order valence-electron chi connectivity index (χ2n) is 7.43. The van der Waals surface area contributed by atoms with E-state index in [4.69, 9.17) is 10.5 Å². The molecule has 3 N–H and O–H groups in total. The number of aliphatic hydroxyl groups excluding tert-OH is 1. The van der Waals surface area contributed by atoms with Crippen LogP contribution in [0.2, 0.25) is 0 Å². The number of β-amino-alcohol motifs (C(OH)–C–C–N with tert-alkyl or cyclic N) is 1. The van der Waals surface area contributed by atoms with Crippen molar-refractivity contribution in [3.8, 4) is 16.9 Å². The van der Waals surface area contributed by atoms with Gasteiger partial charge in [0.25, 0.3) is 0 Å². The van der Waals surface area contributed by atoms with E-state index in [9.17, 15) is 9.50 Å². The zero-order valence-electron chi connectivity index (χ0n) is 16.2. The lowest BCUT2D eigenvalue weighted by atomic mass is 9.99. The number of alkyl halides is 1. The number of anilines is 1. The molecule has 0 aliphatic carbocycles. The normalized spacial score (nSPS) is 16.8. The van der Waals surface area contributed by atoms with Crippen LogP contribution in [0.1, 0.15) is 12.8 Å². The standard InChI is InChI=1S/C22H25FN4O2/c23-17-7-9-27(10-8-17)13-18(28)14-29-20-6-5-15-3-1-2-4-19(15)21(20)16-11-25-22(24)26-12-16/h1-6,11-12,17-18,28H,7-10,13-14H2,(H2,24,25,26). The van der Waals surface area contributed by atoms with Crippen molar-refractivity contribution in [3.05, 3.63) is 48.8 Å². The lowest BCUT2D eigenvalue weighted by Gasteiger charge is -2.30. The highest BCUT2D eigenvalue weighted by Crippen LogP contribution is 2.36. The number of nitrogens with zero attached hydrogens (tertiary/aromatic N) is 3. The monoisotopic (exact) mass is 396 g/mol. The highest BCUT2D eigenvalue weighted by atomic mass is 19.1. The number of hydrogen-bond donors (Lipinski definition) is 2. The first-order valence-electron chi connectivity index (χ1n) is 9.87. The van der Waals surface area contributed by atoms with Gasteiger partial charge in [-0.15, -0.1) is 0 Å². The summed E-state index contributed by atoms with van der Waals surface area (Å²) in [5, 5.41) is 12.5. The predicted molar refractivity (Wildman–Crippen MR) is 111 cm³/mol. The first-order valence-corrected chi connectivity index (χ1v) is 9.87. The number of rotatable bonds is 6. The summed E-state index contributed by atoms with van der Waals surface area (Å²) in [5.41, 5.74) is 7.30. The number of fused-ring (bicyclic) bond motifs is 1. The molecule has 0 spiro atoms. The molecule has 1 saturated heterocycles. The van der Waals surface area contributed by atoms with E-state index in [0.29, 0.717) is 38.2 Å². The van der Waals surface area contributed by atoms with Gasteiger partial charge in [-0.2, -0.15) is 0 Å². The number of aliphatic hydroxyl groups is 1. The molecule has 152 valence electrons. The summed E-state index contributed by atoms with van der Waals surface area (Å²) in [5.74, 6) is 0.863. The molecule has 1 atom stereocenters. The van der Waals surface area contributed by atoms with Gasteiger partial charge >= 0.3 is 0 Å². The molecule has 0 bridgehead atoms. The molecule has 2 aromatic carbocycles. The fraction of sp³-hybridized carbons (Fsp3) is 0.364. The minimum absolute atomic E-state index is 0.150. The number of hydrogen-bond acceptors (Lipinski definition) is 6. The predicted octanol–water partition coefficient (Wildman–Crippen LogP) is 3.05. The van der Waals surface area contributed by atoms with E-state index in [2.05, 4.69) is 14.9 Å². The molecule has 0 saturated carbocycles. The Balaban J connectivity index is 1.54. The van der Waals surface area contributed by atoms with Gasteiger partial charge in [0.1, 0.15) is 24.6 Å². The summed E-state index contributed by atoms with van der Waals surface area (Å²) >= 11 is 0. The van der Waals surface area contributed by atoms with Gasteiger partial charge in [-0.05, 0) is 29.7 Å². The molecule has 6 nitrogen and oxygen atoms in total. The quantitative estimate of drug-likeness (QED) is 0.666. The van der Waals surface area contributed by atoms with E-state index in [1.54, 1.807) is 12.4 Å². The molecular weight excluding hydrogens is 371 g/mol. The molecular formula is C22H25FN4O2. The van der Waals surface area contributed by atoms with Gasteiger partial charge in [0.05, 0.1) is 0 Å². The number of nitrogens with two attached hydrogens (primary N) is 1. The second kappa shape index (κ2) is 8.71. The van der Waals surface area contributed by atoms with Crippen molar-refractivity contribution in [2.24, 2.45) is 0 Å². The number of nitrogen functional groups attached to an aromatic ring is 1. The van der Waals surface area contributed by atoms with Gasteiger partial charge in [-0.1, -0.05) is 30.3 Å². The zero-order chi connectivity index (χ0) is 20.2. The van der Waals surface area contributed by atoms with E-state index >= 15 is 0 Å². The van der Waals surface area contributed by atoms with Crippen molar-refractivity contribution >= 4 is 16.7 Å². The lowest BCUT2D eigenvalue weighted by Crippen LogP contribution is -2.41. The molecule has 1 unspecified atom stereocenters. The SMILES string of the molecule is Nc1ncc(-c2c(OCC(O)CN3CCC(F)CC3)ccc3ccccc23)cn1. The molecule has 1 fully saturated rings. The fourth-order valence-electron chi connectivity index (χ4n) is 3.76.